The molecule has 2 aromatic heterocycles. The third kappa shape index (κ3) is 2.23. The fraction of sp³-hybridized carbons (Fsp3) is 0.125. The van der Waals surface area contributed by atoms with E-state index in [1.54, 1.807) is 9.25 Å². The molecular formula is C16H15N3O2. The molecule has 5 heteroatoms. The van der Waals surface area contributed by atoms with E-state index >= 15 is 0 Å². The van der Waals surface area contributed by atoms with Gasteiger partial charge in [0, 0.05) is 12.4 Å². The minimum atomic E-state index is -0.960. The van der Waals surface area contributed by atoms with Gasteiger partial charge in [-0.3, -0.25) is 0 Å². The minimum absolute atomic E-state index is 0.248. The molecular weight excluding hydrogens is 266 g/mol. The molecule has 0 radical (unpaired) electrons. The lowest BCUT2D eigenvalue weighted by Gasteiger charge is -2.09. The summed E-state index contributed by atoms with van der Waals surface area (Å²) in [7, 11) is 0. The summed E-state index contributed by atoms with van der Waals surface area (Å²) in [5.74, 6) is -0.409. The summed E-state index contributed by atoms with van der Waals surface area (Å²) in [5.41, 5.74) is 1.66. The van der Waals surface area contributed by atoms with Gasteiger partial charge in [0.25, 0.3) is 0 Å². The first-order chi connectivity index (χ1) is 10.2. The molecule has 0 aliphatic rings. The second-order valence-electron chi connectivity index (χ2n) is 4.64. The van der Waals surface area contributed by atoms with Gasteiger partial charge in [0.2, 0.25) is 0 Å². The Morgan fingerprint density at radius 1 is 1.14 bits per heavy atom. The number of hydrogen-bond donors (Lipinski definition) is 1. The normalized spacial score (nSPS) is 10.7. The van der Waals surface area contributed by atoms with Crippen molar-refractivity contribution in [2.45, 2.75) is 13.3 Å². The van der Waals surface area contributed by atoms with Crippen LogP contribution in [-0.4, -0.2) is 25.4 Å². The van der Waals surface area contributed by atoms with Gasteiger partial charge in [0.1, 0.15) is 5.56 Å². The molecule has 0 fully saturated rings. The molecule has 1 N–H and O–H groups in total. The van der Waals surface area contributed by atoms with Crippen LogP contribution in [0, 0.1) is 0 Å². The summed E-state index contributed by atoms with van der Waals surface area (Å²) in [6.45, 7) is 1.91. The van der Waals surface area contributed by atoms with Crippen molar-refractivity contribution in [1.29, 1.82) is 0 Å². The van der Waals surface area contributed by atoms with E-state index in [1.807, 2.05) is 61.8 Å². The number of aryl methyl sites for hydroxylation is 1. The lowest BCUT2D eigenvalue weighted by Crippen LogP contribution is -2.08. The molecule has 0 amide bonds. The zero-order chi connectivity index (χ0) is 14.8. The Labute approximate surface area is 122 Å². The van der Waals surface area contributed by atoms with Crippen LogP contribution in [0.25, 0.3) is 11.5 Å². The lowest BCUT2D eigenvalue weighted by atomic mass is 10.2. The van der Waals surface area contributed by atoms with Crippen molar-refractivity contribution >= 4 is 5.97 Å². The number of hydrogen-bond acceptors (Lipinski definition) is 2. The zero-order valence-electron chi connectivity index (χ0n) is 11.6. The van der Waals surface area contributed by atoms with Crippen molar-refractivity contribution in [3.8, 4) is 11.5 Å². The van der Waals surface area contributed by atoms with Gasteiger partial charge < -0.3 is 9.67 Å². The number of aromatic nitrogens is 3. The van der Waals surface area contributed by atoms with Gasteiger partial charge in [-0.05, 0) is 30.7 Å². The molecule has 2 heterocycles. The standard InChI is InChI=1S/C16H15N3O2/c1-2-13-14(16(20)21)15(18-10-6-7-11-18)19(17-13)12-8-4-3-5-9-12/h3-11H,2H2,1H3,(H,20,21). The Morgan fingerprint density at radius 3 is 2.38 bits per heavy atom. The van der Waals surface area contributed by atoms with E-state index in [2.05, 4.69) is 5.10 Å². The third-order valence-corrected chi connectivity index (χ3v) is 3.33. The first-order valence-corrected chi connectivity index (χ1v) is 6.76. The highest BCUT2D eigenvalue weighted by molar-refractivity contribution is 5.93. The number of aromatic carboxylic acids is 1. The summed E-state index contributed by atoms with van der Waals surface area (Å²) < 4.78 is 3.46. The molecule has 106 valence electrons. The van der Waals surface area contributed by atoms with Crippen molar-refractivity contribution in [1.82, 2.24) is 14.3 Å². The smallest absolute Gasteiger partial charge is 0.341 e. The Hall–Kier alpha value is -2.82. The average molecular weight is 281 g/mol. The highest BCUT2D eigenvalue weighted by Crippen LogP contribution is 2.23. The predicted molar refractivity (Wildman–Crippen MR) is 79.2 cm³/mol. The van der Waals surface area contributed by atoms with Crippen molar-refractivity contribution in [2.75, 3.05) is 0 Å². The number of benzene rings is 1. The van der Waals surface area contributed by atoms with Crippen molar-refractivity contribution in [3.05, 3.63) is 66.1 Å². The number of carboxylic acids is 1. The summed E-state index contributed by atoms with van der Waals surface area (Å²) in [6, 6.07) is 13.3. The van der Waals surface area contributed by atoms with Gasteiger partial charge in [0.15, 0.2) is 5.82 Å². The van der Waals surface area contributed by atoms with E-state index in [4.69, 9.17) is 0 Å². The topological polar surface area (TPSA) is 60.0 Å². The van der Waals surface area contributed by atoms with Crippen molar-refractivity contribution < 1.29 is 9.90 Å². The summed E-state index contributed by atoms with van der Waals surface area (Å²) >= 11 is 0. The molecule has 0 saturated carbocycles. The Morgan fingerprint density at radius 2 is 1.81 bits per heavy atom. The van der Waals surface area contributed by atoms with Crippen LogP contribution in [0.15, 0.2) is 54.9 Å². The maximum Gasteiger partial charge on any atom is 0.341 e. The Kier molecular flexibility index (Phi) is 3.31. The van der Waals surface area contributed by atoms with E-state index in [0.29, 0.717) is 17.9 Å². The number of para-hydroxylation sites is 1. The van der Waals surface area contributed by atoms with Crippen LogP contribution in [0.3, 0.4) is 0 Å². The maximum atomic E-state index is 11.7. The molecule has 5 nitrogen and oxygen atoms in total. The second kappa shape index (κ2) is 5.28. The van der Waals surface area contributed by atoms with E-state index in [-0.39, 0.29) is 5.56 Å². The predicted octanol–water partition coefficient (Wildman–Crippen LogP) is 2.92. The van der Waals surface area contributed by atoms with Gasteiger partial charge in [-0.2, -0.15) is 5.10 Å². The van der Waals surface area contributed by atoms with Crippen LogP contribution in [-0.2, 0) is 6.42 Å². The third-order valence-electron chi connectivity index (χ3n) is 3.33. The van der Waals surface area contributed by atoms with Crippen LogP contribution in [0.2, 0.25) is 0 Å². The molecule has 0 atom stereocenters. The largest absolute Gasteiger partial charge is 0.477 e. The van der Waals surface area contributed by atoms with Crippen LogP contribution in [0.4, 0.5) is 0 Å². The zero-order valence-corrected chi connectivity index (χ0v) is 11.6. The number of carboxylic acid groups (broad SMARTS) is 1. The Balaban J connectivity index is 2.32. The van der Waals surface area contributed by atoms with Crippen LogP contribution >= 0.6 is 0 Å². The summed E-state index contributed by atoms with van der Waals surface area (Å²) in [6.07, 6.45) is 4.21. The number of rotatable bonds is 4. The molecule has 0 bridgehead atoms. The highest BCUT2D eigenvalue weighted by Gasteiger charge is 2.24. The van der Waals surface area contributed by atoms with Gasteiger partial charge in [0.05, 0.1) is 11.4 Å². The van der Waals surface area contributed by atoms with E-state index in [9.17, 15) is 9.90 Å². The van der Waals surface area contributed by atoms with Crippen LogP contribution in [0.5, 0.6) is 0 Å². The van der Waals surface area contributed by atoms with Crippen LogP contribution < -0.4 is 0 Å². The Bertz CT molecular complexity index is 758. The fourth-order valence-corrected chi connectivity index (χ4v) is 2.38. The summed E-state index contributed by atoms with van der Waals surface area (Å²) in [5, 5.41) is 14.1. The first kappa shape index (κ1) is 13.2. The number of carbonyl (C=O) groups is 1. The van der Waals surface area contributed by atoms with Crippen molar-refractivity contribution in [2.24, 2.45) is 0 Å². The van der Waals surface area contributed by atoms with E-state index in [1.165, 1.54) is 0 Å². The molecule has 21 heavy (non-hydrogen) atoms. The lowest BCUT2D eigenvalue weighted by molar-refractivity contribution is 0.0696. The first-order valence-electron chi connectivity index (χ1n) is 6.76. The monoisotopic (exact) mass is 281 g/mol. The number of nitrogens with zero attached hydrogens (tertiary/aromatic N) is 3. The SMILES string of the molecule is CCc1nn(-c2ccccc2)c(-n2cccc2)c1C(=O)O. The fourth-order valence-electron chi connectivity index (χ4n) is 2.38. The molecule has 0 aliphatic heterocycles. The second-order valence-corrected chi connectivity index (χ2v) is 4.64. The molecule has 1 aromatic carbocycles. The molecule has 0 saturated heterocycles. The highest BCUT2D eigenvalue weighted by atomic mass is 16.4. The molecule has 0 unspecified atom stereocenters. The molecule has 0 spiro atoms. The van der Waals surface area contributed by atoms with Gasteiger partial charge in [-0.15, -0.1) is 0 Å². The van der Waals surface area contributed by atoms with Crippen LogP contribution in [0.1, 0.15) is 23.0 Å². The molecule has 3 rings (SSSR count). The average Bonchev–Trinajstić information content (AvgIpc) is 3.14. The maximum absolute atomic E-state index is 11.7. The van der Waals surface area contributed by atoms with Crippen molar-refractivity contribution in [3.63, 3.8) is 0 Å². The molecule has 3 aromatic rings. The summed E-state index contributed by atoms with van der Waals surface area (Å²) in [4.78, 5) is 11.7. The minimum Gasteiger partial charge on any atom is -0.477 e. The van der Waals surface area contributed by atoms with Gasteiger partial charge in [-0.1, -0.05) is 25.1 Å². The molecule has 0 aliphatic carbocycles. The van der Waals surface area contributed by atoms with Gasteiger partial charge >= 0.3 is 5.97 Å². The van der Waals surface area contributed by atoms with E-state index in [0.717, 1.165) is 5.69 Å². The van der Waals surface area contributed by atoms with E-state index < -0.39 is 5.97 Å². The quantitative estimate of drug-likeness (QED) is 0.800. The van der Waals surface area contributed by atoms with Gasteiger partial charge in [-0.25, -0.2) is 9.48 Å².